The lowest BCUT2D eigenvalue weighted by Gasteiger charge is -2.14. The molecule has 1 nitrogen and oxygen atoms in total. The summed E-state index contributed by atoms with van der Waals surface area (Å²) >= 11 is 0. The molecular formula is C11H19N. The molecule has 3 fully saturated rings. The van der Waals surface area contributed by atoms with Gasteiger partial charge in [-0.05, 0) is 37.0 Å². The summed E-state index contributed by atoms with van der Waals surface area (Å²) in [5, 5.41) is 0. The summed E-state index contributed by atoms with van der Waals surface area (Å²) in [5.74, 6) is 2.89. The summed E-state index contributed by atoms with van der Waals surface area (Å²) in [6.45, 7) is 0. The standard InChI is InChI=1S/C11H19N/c12-11(9-5-6-9)7-10(11)8-3-1-2-4-8/h8-10H,1-7,12H2. The van der Waals surface area contributed by atoms with E-state index in [9.17, 15) is 0 Å². The fourth-order valence-electron chi connectivity index (χ4n) is 3.38. The second kappa shape index (κ2) is 2.25. The minimum atomic E-state index is 0.342. The fourth-order valence-corrected chi connectivity index (χ4v) is 3.38. The molecule has 0 bridgehead atoms. The molecule has 2 unspecified atom stereocenters. The van der Waals surface area contributed by atoms with Crippen LogP contribution < -0.4 is 5.73 Å². The Bertz CT molecular complexity index is 191. The molecule has 2 N–H and O–H groups in total. The van der Waals surface area contributed by atoms with Gasteiger partial charge in [-0.3, -0.25) is 0 Å². The van der Waals surface area contributed by atoms with Gasteiger partial charge in [0.25, 0.3) is 0 Å². The van der Waals surface area contributed by atoms with Gasteiger partial charge in [0.05, 0.1) is 0 Å². The molecule has 12 heavy (non-hydrogen) atoms. The van der Waals surface area contributed by atoms with E-state index in [4.69, 9.17) is 5.73 Å². The van der Waals surface area contributed by atoms with E-state index < -0.39 is 0 Å². The maximum absolute atomic E-state index is 6.38. The highest BCUT2D eigenvalue weighted by molar-refractivity contribution is 5.17. The van der Waals surface area contributed by atoms with Gasteiger partial charge in [0.15, 0.2) is 0 Å². The quantitative estimate of drug-likeness (QED) is 0.667. The van der Waals surface area contributed by atoms with E-state index in [0.29, 0.717) is 5.54 Å². The van der Waals surface area contributed by atoms with Gasteiger partial charge in [0, 0.05) is 5.54 Å². The predicted molar refractivity (Wildman–Crippen MR) is 49.7 cm³/mol. The average Bonchev–Trinajstić information content (AvgIpc) is 2.94. The maximum atomic E-state index is 6.38. The zero-order valence-electron chi connectivity index (χ0n) is 7.76. The molecule has 0 aromatic heterocycles. The van der Waals surface area contributed by atoms with Crippen molar-refractivity contribution in [3.8, 4) is 0 Å². The van der Waals surface area contributed by atoms with Crippen molar-refractivity contribution in [2.75, 3.05) is 0 Å². The minimum Gasteiger partial charge on any atom is -0.325 e. The molecule has 0 spiro atoms. The first kappa shape index (κ1) is 7.37. The SMILES string of the molecule is NC1(C2CC2)CC1C1CCCC1. The van der Waals surface area contributed by atoms with Crippen molar-refractivity contribution in [1.82, 2.24) is 0 Å². The average molecular weight is 165 g/mol. The summed E-state index contributed by atoms with van der Waals surface area (Å²) in [6, 6.07) is 0. The second-order valence-electron chi connectivity index (χ2n) is 5.24. The largest absolute Gasteiger partial charge is 0.325 e. The summed E-state index contributed by atoms with van der Waals surface area (Å²) in [5.41, 5.74) is 6.72. The summed E-state index contributed by atoms with van der Waals surface area (Å²) in [7, 11) is 0. The van der Waals surface area contributed by atoms with Crippen LogP contribution in [0.5, 0.6) is 0 Å². The van der Waals surface area contributed by atoms with Gasteiger partial charge in [0.1, 0.15) is 0 Å². The van der Waals surface area contributed by atoms with E-state index in [2.05, 4.69) is 0 Å². The van der Waals surface area contributed by atoms with E-state index >= 15 is 0 Å². The Balaban J connectivity index is 1.65. The van der Waals surface area contributed by atoms with Gasteiger partial charge in [-0.15, -0.1) is 0 Å². The highest BCUT2D eigenvalue weighted by atomic mass is 14.9. The summed E-state index contributed by atoms with van der Waals surface area (Å²) in [4.78, 5) is 0. The van der Waals surface area contributed by atoms with Crippen molar-refractivity contribution < 1.29 is 0 Å². The van der Waals surface area contributed by atoms with Crippen LogP contribution >= 0.6 is 0 Å². The fraction of sp³-hybridized carbons (Fsp3) is 1.00. The van der Waals surface area contributed by atoms with Crippen molar-refractivity contribution in [1.29, 1.82) is 0 Å². The molecule has 0 aromatic rings. The van der Waals surface area contributed by atoms with Crippen LogP contribution in [0.4, 0.5) is 0 Å². The highest BCUT2D eigenvalue weighted by Gasteiger charge is 2.61. The molecule has 2 atom stereocenters. The Labute approximate surface area is 74.7 Å². The Kier molecular flexibility index (Phi) is 1.39. The molecule has 0 heterocycles. The Hall–Kier alpha value is -0.0400. The topological polar surface area (TPSA) is 26.0 Å². The lowest BCUT2D eigenvalue weighted by molar-refractivity contribution is 0.401. The normalized spacial score (nSPS) is 48.2. The number of hydrogen-bond acceptors (Lipinski definition) is 1. The van der Waals surface area contributed by atoms with Crippen LogP contribution in [0.25, 0.3) is 0 Å². The molecule has 1 heteroatoms. The molecule has 0 aliphatic heterocycles. The first-order chi connectivity index (χ1) is 5.81. The van der Waals surface area contributed by atoms with Gasteiger partial charge in [0.2, 0.25) is 0 Å². The molecule has 3 aliphatic rings. The molecule has 3 aliphatic carbocycles. The zero-order chi connectivity index (χ0) is 8.18. The maximum Gasteiger partial charge on any atom is 0.0218 e. The highest BCUT2D eigenvalue weighted by Crippen LogP contribution is 2.61. The van der Waals surface area contributed by atoms with E-state index in [1.54, 1.807) is 0 Å². The monoisotopic (exact) mass is 165 g/mol. The Morgan fingerprint density at radius 1 is 1.00 bits per heavy atom. The molecule has 3 saturated carbocycles. The van der Waals surface area contributed by atoms with Crippen LogP contribution in [0, 0.1) is 17.8 Å². The van der Waals surface area contributed by atoms with Gasteiger partial charge >= 0.3 is 0 Å². The van der Waals surface area contributed by atoms with Crippen LogP contribution in [0.15, 0.2) is 0 Å². The molecule has 68 valence electrons. The third-order valence-corrected chi connectivity index (χ3v) is 4.41. The van der Waals surface area contributed by atoms with E-state index in [1.807, 2.05) is 0 Å². The van der Waals surface area contributed by atoms with Crippen LogP contribution in [-0.4, -0.2) is 5.54 Å². The van der Waals surface area contributed by atoms with E-state index in [-0.39, 0.29) is 0 Å². The predicted octanol–water partition coefficient (Wildman–Crippen LogP) is 2.30. The molecule has 0 radical (unpaired) electrons. The smallest absolute Gasteiger partial charge is 0.0218 e. The van der Waals surface area contributed by atoms with Crippen molar-refractivity contribution >= 4 is 0 Å². The Morgan fingerprint density at radius 2 is 1.67 bits per heavy atom. The third kappa shape index (κ3) is 0.953. The molecule has 0 aromatic carbocycles. The first-order valence-corrected chi connectivity index (χ1v) is 5.59. The van der Waals surface area contributed by atoms with Gasteiger partial charge < -0.3 is 5.73 Å². The van der Waals surface area contributed by atoms with Gasteiger partial charge in [-0.25, -0.2) is 0 Å². The Morgan fingerprint density at radius 3 is 2.25 bits per heavy atom. The van der Waals surface area contributed by atoms with Gasteiger partial charge in [-0.1, -0.05) is 25.7 Å². The summed E-state index contributed by atoms with van der Waals surface area (Å²) in [6.07, 6.45) is 10.1. The molecule has 0 saturated heterocycles. The van der Waals surface area contributed by atoms with Crippen LogP contribution in [0.1, 0.15) is 44.9 Å². The molecule has 0 amide bonds. The second-order valence-corrected chi connectivity index (χ2v) is 5.24. The molecular weight excluding hydrogens is 146 g/mol. The lowest BCUT2D eigenvalue weighted by atomic mass is 9.96. The number of nitrogens with two attached hydrogens (primary N) is 1. The van der Waals surface area contributed by atoms with Crippen LogP contribution in [0.2, 0.25) is 0 Å². The third-order valence-electron chi connectivity index (χ3n) is 4.41. The van der Waals surface area contributed by atoms with Crippen molar-refractivity contribution in [2.45, 2.75) is 50.5 Å². The van der Waals surface area contributed by atoms with E-state index in [0.717, 1.165) is 17.8 Å². The van der Waals surface area contributed by atoms with Crippen molar-refractivity contribution in [3.63, 3.8) is 0 Å². The first-order valence-electron chi connectivity index (χ1n) is 5.59. The summed E-state index contributed by atoms with van der Waals surface area (Å²) < 4.78 is 0. The zero-order valence-corrected chi connectivity index (χ0v) is 7.76. The minimum absolute atomic E-state index is 0.342. The van der Waals surface area contributed by atoms with E-state index in [1.165, 1.54) is 44.9 Å². The number of hydrogen-bond donors (Lipinski definition) is 1. The van der Waals surface area contributed by atoms with Gasteiger partial charge in [-0.2, -0.15) is 0 Å². The van der Waals surface area contributed by atoms with Crippen molar-refractivity contribution in [3.05, 3.63) is 0 Å². The lowest BCUT2D eigenvalue weighted by Crippen LogP contribution is -2.29. The number of rotatable bonds is 2. The van der Waals surface area contributed by atoms with Crippen LogP contribution in [0.3, 0.4) is 0 Å². The van der Waals surface area contributed by atoms with Crippen LogP contribution in [-0.2, 0) is 0 Å². The molecule has 3 rings (SSSR count). The van der Waals surface area contributed by atoms with Crippen molar-refractivity contribution in [2.24, 2.45) is 23.5 Å².